The van der Waals surface area contributed by atoms with Crippen LogP contribution in [0.1, 0.15) is 70.0 Å². The molecule has 2 fully saturated rings. The van der Waals surface area contributed by atoms with Gasteiger partial charge in [-0.15, -0.1) is 11.3 Å². The molecule has 7 nitrogen and oxygen atoms in total. The Hall–Kier alpha value is -1.77. The van der Waals surface area contributed by atoms with Gasteiger partial charge in [0.25, 0.3) is 5.91 Å². The second-order valence-electron chi connectivity index (χ2n) is 8.00. The third-order valence-electron chi connectivity index (χ3n) is 6.19. The number of hydrogen-bond donors (Lipinski definition) is 1. The molecule has 0 saturated carbocycles. The van der Waals surface area contributed by atoms with E-state index in [9.17, 15) is 4.79 Å². The van der Waals surface area contributed by atoms with Crippen LogP contribution in [0.5, 0.6) is 0 Å². The number of rotatable bonds is 2. The van der Waals surface area contributed by atoms with Crippen LogP contribution in [0.4, 0.5) is 0 Å². The Morgan fingerprint density at radius 3 is 3.00 bits per heavy atom. The first-order valence-electron chi connectivity index (χ1n) is 10.3. The predicted octanol–water partition coefficient (Wildman–Crippen LogP) is 2.96. The third-order valence-corrected chi connectivity index (χ3v) is 7.54. The first-order chi connectivity index (χ1) is 13.7. The summed E-state index contributed by atoms with van der Waals surface area (Å²) >= 11 is 1.63. The number of likely N-dealkylation sites (tertiary alicyclic amines) is 1. The Bertz CT molecular complexity index is 871. The molecular weight excluding hydrogens is 376 g/mol. The summed E-state index contributed by atoms with van der Waals surface area (Å²) in [5.41, 5.74) is 1.09. The Kier molecular flexibility index (Phi) is 4.72. The number of aryl methyl sites for hydroxylation is 1. The van der Waals surface area contributed by atoms with Gasteiger partial charge in [-0.05, 0) is 70.2 Å². The van der Waals surface area contributed by atoms with Crippen molar-refractivity contribution in [3.8, 4) is 0 Å². The molecule has 5 heterocycles. The van der Waals surface area contributed by atoms with Crippen LogP contribution in [-0.4, -0.2) is 47.2 Å². The van der Waals surface area contributed by atoms with Crippen molar-refractivity contribution in [2.45, 2.75) is 57.1 Å². The molecule has 1 amide bonds. The molecule has 8 heteroatoms. The van der Waals surface area contributed by atoms with Gasteiger partial charge in [-0.3, -0.25) is 4.79 Å². The van der Waals surface area contributed by atoms with Crippen LogP contribution in [-0.2, 0) is 16.8 Å². The highest BCUT2D eigenvalue weighted by molar-refractivity contribution is 7.14. The normalized spacial score (nSPS) is 24.3. The molecule has 0 aromatic carbocycles. The molecule has 3 aliphatic rings. The maximum Gasteiger partial charge on any atom is 0.264 e. The molecule has 2 aromatic heterocycles. The van der Waals surface area contributed by atoms with Gasteiger partial charge in [0.15, 0.2) is 5.82 Å². The van der Waals surface area contributed by atoms with Gasteiger partial charge in [0, 0.05) is 11.4 Å². The number of amides is 1. The Morgan fingerprint density at radius 2 is 2.21 bits per heavy atom. The van der Waals surface area contributed by atoms with E-state index in [1.54, 1.807) is 11.3 Å². The molecule has 1 spiro atoms. The number of carbonyl (C=O) groups is 1. The molecule has 150 valence electrons. The molecule has 2 aromatic rings. The number of piperidine rings is 2. The van der Waals surface area contributed by atoms with Crippen LogP contribution in [0.15, 0.2) is 10.6 Å². The number of nitrogens with zero attached hydrogens (tertiary/aromatic N) is 3. The van der Waals surface area contributed by atoms with Crippen molar-refractivity contribution in [1.82, 2.24) is 20.4 Å². The van der Waals surface area contributed by atoms with E-state index in [2.05, 4.69) is 21.5 Å². The third kappa shape index (κ3) is 3.07. The number of aromatic nitrogens is 2. The van der Waals surface area contributed by atoms with Gasteiger partial charge >= 0.3 is 0 Å². The van der Waals surface area contributed by atoms with Crippen LogP contribution in [0.3, 0.4) is 0 Å². The van der Waals surface area contributed by atoms with Crippen molar-refractivity contribution >= 4 is 17.2 Å². The van der Waals surface area contributed by atoms with Gasteiger partial charge < -0.3 is 19.5 Å². The second-order valence-corrected chi connectivity index (χ2v) is 9.05. The average Bonchev–Trinajstić information content (AvgIpc) is 3.36. The van der Waals surface area contributed by atoms with Crippen LogP contribution in [0.25, 0.3) is 0 Å². The quantitative estimate of drug-likeness (QED) is 0.832. The summed E-state index contributed by atoms with van der Waals surface area (Å²) in [7, 11) is 0. The lowest BCUT2D eigenvalue weighted by molar-refractivity contribution is -0.0771. The Balaban J connectivity index is 1.45. The zero-order valence-corrected chi connectivity index (χ0v) is 17.0. The summed E-state index contributed by atoms with van der Waals surface area (Å²) in [6, 6.07) is 1.99. The summed E-state index contributed by atoms with van der Waals surface area (Å²) in [5, 5.41) is 7.34. The molecule has 0 bridgehead atoms. The van der Waals surface area contributed by atoms with Gasteiger partial charge in [0.1, 0.15) is 11.6 Å². The van der Waals surface area contributed by atoms with E-state index in [4.69, 9.17) is 9.26 Å². The van der Waals surface area contributed by atoms with Crippen molar-refractivity contribution < 1.29 is 14.1 Å². The largest absolute Gasteiger partial charge is 0.369 e. The number of thiophene rings is 1. The number of carbonyl (C=O) groups excluding carboxylic acids is 1. The molecule has 3 aliphatic heterocycles. The average molecular weight is 403 g/mol. The van der Waals surface area contributed by atoms with Crippen LogP contribution >= 0.6 is 11.3 Å². The second kappa shape index (κ2) is 7.24. The first kappa shape index (κ1) is 18.3. The fraction of sp³-hybridized carbons (Fsp3) is 0.650. The fourth-order valence-corrected chi connectivity index (χ4v) is 6.12. The smallest absolute Gasteiger partial charge is 0.264 e. The highest BCUT2D eigenvalue weighted by Crippen LogP contribution is 2.45. The molecule has 5 rings (SSSR count). The maximum absolute atomic E-state index is 13.5. The minimum Gasteiger partial charge on any atom is -0.369 e. The predicted molar refractivity (Wildman–Crippen MR) is 104 cm³/mol. The molecule has 0 radical (unpaired) electrons. The molecule has 1 atom stereocenters. The molecule has 1 N–H and O–H groups in total. The van der Waals surface area contributed by atoms with Gasteiger partial charge in [-0.1, -0.05) is 5.16 Å². The number of ether oxygens (including phenoxy) is 1. The molecular formula is C20H26N4O3S. The lowest BCUT2D eigenvalue weighted by Crippen LogP contribution is -2.44. The molecule has 1 unspecified atom stereocenters. The van der Waals surface area contributed by atoms with E-state index in [1.807, 2.05) is 11.8 Å². The van der Waals surface area contributed by atoms with Crippen molar-refractivity contribution in [3.63, 3.8) is 0 Å². The Morgan fingerprint density at radius 1 is 1.36 bits per heavy atom. The number of nitrogens with one attached hydrogen (secondary N) is 1. The van der Waals surface area contributed by atoms with Crippen molar-refractivity contribution in [3.05, 3.63) is 33.1 Å². The SMILES string of the molecule is Cc1noc(C2CCCCN2C(=O)c2cc3c(s2)C2(CCNCC2)OCC3)n1. The van der Waals surface area contributed by atoms with Crippen LogP contribution < -0.4 is 5.32 Å². The van der Waals surface area contributed by atoms with Gasteiger partial charge in [0.2, 0.25) is 5.89 Å². The zero-order chi connectivity index (χ0) is 19.1. The highest BCUT2D eigenvalue weighted by atomic mass is 32.1. The van der Waals surface area contributed by atoms with Gasteiger partial charge in [-0.25, -0.2) is 0 Å². The molecule has 28 heavy (non-hydrogen) atoms. The summed E-state index contributed by atoms with van der Waals surface area (Å²) in [5.74, 6) is 1.26. The minimum atomic E-state index is -0.201. The van der Waals surface area contributed by atoms with E-state index < -0.39 is 0 Å². The molecule has 0 aliphatic carbocycles. The van der Waals surface area contributed by atoms with E-state index in [1.165, 1.54) is 10.4 Å². The Labute approximate surface area is 168 Å². The fourth-order valence-electron chi connectivity index (χ4n) is 4.75. The van der Waals surface area contributed by atoms with E-state index in [0.717, 1.165) is 69.6 Å². The standard InChI is InChI=1S/C20H26N4O3S/c1-13-22-18(27-23-13)15-4-2-3-10-24(15)19(25)16-12-14-5-11-26-20(17(14)28-16)6-8-21-9-7-20/h12,15,21H,2-11H2,1H3. The lowest BCUT2D eigenvalue weighted by atomic mass is 9.86. The van der Waals surface area contributed by atoms with Gasteiger partial charge in [-0.2, -0.15) is 4.98 Å². The van der Waals surface area contributed by atoms with Crippen LogP contribution in [0, 0.1) is 6.92 Å². The van der Waals surface area contributed by atoms with Crippen molar-refractivity contribution in [2.24, 2.45) is 0 Å². The van der Waals surface area contributed by atoms with Crippen molar-refractivity contribution in [1.29, 1.82) is 0 Å². The lowest BCUT2D eigenvalue weighted by Gasteiger charge is -2.40. The summed E-state index contributed by atoms with van der Waals surface area (Å²) in [6.45, 7) is 5.22. The topological polar surface area (TPSA) is 80.5 Å². The summed E-state index contributed by atoms with van der Waals surface area (Å²) in [4.78, 5) is 21.9. The monoisotopic (exact) mass is 402 g/mol. The highest BCUT2D eigenvalue weighted by Gasteiger charge is 2.42. The first-order valence-corrected chi connectivity index (χ1v) is 11.1. The van der Waals surface area contributed by atoms with E-state index >= 15 is 0 Å². The maximum atomic E-state index is 13.5. The number of hydrogen-bond acceptors (Lipinski definition) is 7. The zero-order valence-electron chi connectivity index (χ0n) is 16.2. The number of fused-ring (bicyclic) bond motifs is 2. The van der Waals surface area contributed by atoms with E-state index in [-0.39, 0.29) is 17.6 Å². The van der Waals surface area contributed by atoms with E-state index in [0.29, 0.717) is 11.7 Å². The van der Waals surface area contributed by atoms with Crippen molar-refractivity contribution in [2.75, 3.05) is 26.2 Å². The summed E-state index contributed by atoms with van der Waals surface area (Å²) in [6.07, 6.45) is 5.79. The summed E-state index contributed by atoms with van der Waals surface area (Å²) < 4.78 is 11.7. The molecule has 2 saturated heterocycles. The van der Waals surface area contributed by atoms with Crippen LogP contribution in [0.2, 0.25) is 0 Å². The minimum absolute atomic E-state index is 0.0871. The van der Waals surface area contributed by atoms with Gasteiger partial charge in [0.05, 0.1) is 11.5 Å².